The van der Waals surface area contributed by atoms with Gasteiger partial charge in [-0.1, -0.05) is 127 Å². The van der Waals surface area contributed by atoms with E-state index >= 15 is 0 Å². The molecule has 2 heterocycles. The lowest BCUT2D eigenvalue weighted by Gasteiger charge is -2.05. The third-order valence-electron chi connectivity index (χ3n) is 9.34. The van der Waals surface area contributed by atoms with E-state index in [2.05, 4.69) is 133 Å². The van der Waals surface area contributed by atoms with E-state index in [1.165, 1.54) is 134 Å². The fourth-order valence-electron chi connectivity index (χ4n) is 6.34. The number of aromatic amines is 2. The molecule has 0 aliphatic carbocycles. The predicted molar refractivity (Wildman–Crippen MR) is 195 cm³/mol. The van der Waals surface area contributed by atoms with Crippen molar-refractivity contribution in [2.45, 2.75) is 104 Å². The molecule has 0 aliphatic rings. The molecule has 5 aromatic rings. The smallest absolute Gasteiger partial charge is 0.210 e. The van der Waals surface area contributed by atoms with E-state index in [9.17, 15) is 0 Å². The molecule has 0 radical (unpaired) electrons. The van der Waals surface area contributed by atoms with Crippen LogP contribution in [0, 0.1) is 0 Å². The molecule has 0 unspecified atom stereocenters. The molecule has 0 spiro atoms. The van der Waals surface area contributed by atoms with Gasteiger partial charge in [0.1, 0.15) is 0 Å². The highest BCUT2D eigenvalue weighted by Crippen LogP contribution is 2.26. The summed E-state index contributed by atoms with van der Waals surface area (Å²) in [6.45, 7) is 4.56. The molecular weight excluding hydrogens is 556 g/mol. The van der Waals surface area contributed by atoms with Crippen LogP contribution in [0.4, 0.5) is 0 Å². The molecule has 2 aromatic heterocycles. The third-order valence-corrected chi connectivity index (χ3v) is 9.34. The zero-order valence-corrected chi connectivity index (χ0v) is 28.3. The second-order valence-corrected chi connectivity index (χ2v) is 13.0. The van der Waals surface area contributed by atoms with Crippen LogP contribution in [0.15, 0.2) is 109 Å². The highest BCUT2D eigenvalue weighted by molar-refractivity contribution is 5.70. The van der Waals surface area contributed by atoms with Gasteiger partial charge in [-0.3, -0.25) is 0 Å². The van der Waals surface area contributed by atoms with Crippen LogP contribution in [0.1, 0.15) is 102 Å². The minimum Gasteiger partial charge on any atom is -0.211 e. The van der Waals surface area contributed by atoms with E-state index < -0.39 is 0 Å². The first-order valence-corrected chi connectivity index (χ1v) is 18.1. The Morgan fingerprint density at radius 1 is 0.326 bits per heavy atom. The van der Waals surface area contributed by atoms with Crippen molar-refractivity contribution in [2.24, 2.45) is 0 Å². The lowest BCUT2D eigenvalue weighted by molar-refractivity contribution is -0.364. The normalized spacial score (nSPS) is 11.2. The Hall–Kier alpha value is -4.04. The Labute approximate surface area is 278 Å². The van der Waals surface area contributed by atoms with E-state index in [-0.39, 0.29) is 0 Å². The molecule has 0 aliphatic heterocycles. The largest absolute Gasteiger partial charge is 0.211 e. The number of unbranched alkanes of at least 4 members (excludes halogenated alkanes) is 10. The molecule has 2 heteroatoms. The minimum atomic E-state index is 1.15. The number of rotatable bonds is 18. The predicted octanol–water partition coefficient (Wildman–Crippen LogP) is 11.8. The number of hydrogen-bond donors (Lipinski definition) is 0. The van der Waals surface area contributed by atoms with Crippen LogP contribution in [0.25, 0.3) is 44.8 Å². The van der Waals surface area contributed by atoms with E-state index in [1.807, 2.05) is 0 Å². The Morgan fingerprint density at radius 3 is 1.00 bits per heavy atom. The van der Waals surface area contributed by atoms with Crippen molar-refractivity contribution in [1.29, 1.82) is 0 Å². The van der Waals surface area contributed by atoms with Crippen molar-refractivity contribution in [1.82, 2.24) is 0 Å². The molecule has 0 saturated heterocycles. The van der Waals surface area contributed by atoms with Crippen LogP contribution < -0.4 is 9.97 Å². The molecule has 0 amide bonds. The van der Waals surface area contributed by atoms with E-state index in [0.29, 0.717) is 0 Å². The summed E-state index contributed by atoms with van der Waals surface area (Å²) < 4.78 is 0. The molecule has 46 heavy (non-hydrogen) atoms. The zero-order chi connectivity index (χ0) is 31.8. The summed E-state index contributed by atoms with van der Waals surface area (Å²) in [5.41, 5.74) is 12.4. The molecule has 0 saturated carbocycles. The molecule has 2 N–H and O–H groups in total. The number of H-pyrrole nitrogens is 2. The van der Waals surface area contributed by atoms with Gasteiger partial charge < -0.3 is 0 Å². The van der Waals surface area contributed by atoms with Gasteiger partial charge in [-0.25, -0.2) is 9.97 Å². The Balaban J connectivity index is 1.12. The van der Waals surface area contributed by atoms with Crippen molar-refractivity contribution in [2.75, 3.05) is 0 Å². The minimum absolute atomic E-state index is 1.15. The fourth-order valence-corrected chi connectivity index (χ4v) is 6.34. The molecule has 0 atom stereocenters. The maximum Gasteiger partial charge on any atom is 0.210 e. The second kappa shape index (κ2) is 18.2. The number of benzene rings is 3. The van der Waals surface area contributed by atoms with Gasteiger partial charge in [0.25, 0.3) is 0 Å². The maximum atomic E-state index is 3.53. The van der Waals surface area contributed by atoms with Gasteiger partial charge >= 0.3 is 0 Å². The van der Waals surface area contributed by atoms with Crippen LogP contribution in [-0.4, -0.2) is 0 Å². The summed E-state index contributed by atoms with van der Waals surface area (Å²) in [6, 6.07) is 35.8. The topological polar surface area (TPSA) is 28.3 Å². The van der Waals surface area contributed by atoms with Gasteiger partial charge in [0.2, 0.25) is 11.4 Å². The Bertz CT molecular complexity index is 1430. The SMILES string of the molecule is CCCCCCCCc1ccc(-c2ccc(-c3ccc(-c4ccc(-c5ccc(CCCCCCCC)cc5)[nH+]c4)cc3)c[nH+]2)cc1. The quantitative estimate of drug-likeness (QED) is 0.0883. The molecule has 2 nitrogen and oxygen atoms in total. The third kappa shape index (κ3) is 9.98. The summed E-state index contributed by atoms with van der Waals surface area (Å²) in [4.78, 5) is 7.06. The average Bonchev–Trinajstić information content (AvgIpc) is 3.12. The molecule has 5 rings (SSSR count). The van der Waals surface area contributed by atoms with Crippen LogP contribution >= 0.6 is 0 Å². The van der Waals surface area contributed by atoms with Crippen molar-refractivity contribution >= 4 is 0 Å². The van der Waals surface area contributed by atoms with E-state index in [4.69, 9.17) is 0 Å². The van der Waals surface area contributed by atoms with Crippen molar-refractivity contribution in [3.05, 3.63) is 121 Å². The maximum absolute atomic E-state index is 3.53. The van der Waals surface area contributed by atoms with Gasteiger partial charge in [-0.15, -0.1) is 0 Å². The second-order valence-electron chi connectivity index (χ2n) is 13.0. The zero-order valence-electron chi connectivity index (χ0n) is 28.3. The molecule has 3 aromatic carbocycles. The number of aryl methyl sites for hydroxylation is 2. The van der Waals surface area contributed by atoms with Gasteiger partial charge in [-0.05, 0) is 84.3 Å². The van der Waals surface area contributed by atoms with E-state index in [0.717, 1.165) is 11.4 Å². The lowest BCUT2D eigenvalue weighted by Crippen LogP contribution is -2.06. The summed E-state index contributed by atoms with van der Waals surface area (Å²) in [7, 11) is 0. The van der Waals surface area contributed by atoms with Gasteiger partial charge in [0, 0.05) is 34.4 Å². The van der Waals surface area contributed by atoms with E-state index in [1.54, 1.807) is 0 Å². The van der Waals surface area contributed by atoms with Crippen molar-refractivity contribution in [3.63, 3.8) is 0 Å². The number of hydrogen-bond acceptors (Lipinski definition) is 0. The highest BCUT2D eigenvalue weighted by Gasteiger charge is 2.10. The number of aromatic nitrogens is 2. The van der Waals surface area contributed by atoms with Gasteiger partial charge in [0.15, 0.2) is 12.4 Å². The highest BCUT2D eigenvalue weighted by atomic mass is 14.7. The lowest BCUT2D eigenvalue weighted by atomic mass is 10.00. The van der Waals surface area contributed by atoms with Gasteiger partial charge in [-0.2, -0.15) is 0 Å². The first-order valence-electron chi connectivity index (χ1n) is 18.1. The van der Waals surface area contributed by atoms with Crippen molar-refractivity contribution < 1.29 is 9.97 Å². The molecule has 238 valence electrons. The van der Waals surface area contributed by atoms with Crippen LogP contribution in [0.5, 0.6) is 0 Å². The summed E-state index contributed by atoms with van der Waals surface area (Å²) in [5, 5.41) is 0. The van der Waals surface area contributed by atoms with Gasteiger partial charge in [0.05, 0.1) is 0 Å². The van der Waals surface area contributed by atoms with Crippen LogP contribution in [0.3, 0.4) is 0 Å². The number of pyridine rings is 2. The number of nitrogens with one attached hydrogen (secondary N) is 2. The Morgan fingerprint density at radius 2 is 0.652 bits per heavy atom. The fraction of sp³-hybridized carbons (Fsp3) is 0.364. The Kier molecular flexibility index (Phi) is 13.2. The molecule has 0 bridgehead atoms. The first-order chi connectivity index (χ1) is 22.7. The summed E-state index contributed by atoms with van der Waals surface area (Å²) >= 11 is 0. The molecule has 0 fully saturated rings. The summed E-state index contributed by atoms with van der Waals surface area (Å²) in [6.07, 6.45) is 22.8. The molecular formula is C44H54N2+2. The average molecular weight is 611 g/mol. The summed E-state index contributed by atoms with van der Waals surface area (Å²) in [5.74, 6) is 0. The van der Waals surface area contributed by atoms with Crippen LogP contribution in [0.2, 0.25) is 0 Å². The van der Waals surface area contributed by atoms with Crippen molar-refractivity contribution in [3.8, 4) is 44.8 Å². The standard InChI is InChI=1S/C44H52N2/c1-3-5-7-9-11-13-15-35-17-21-39(22-18-35)43-31-29-41(33-45-43)37-25-27-38(28-26-37)42-30-32-44(46-34-42)40-23-19-36(20-24-40)16-14-12-10-8-6-4-2/h17-34H,3-16H2,1-2H3/p+2. The first kappa shape index (κ1) is 33.3. The monoisotopic (exact) mass is 610 g/mol. The van der Waals surface area contributed by atoms with Crippen LogP contribution in [-0.2, 0) is 12.8 Å².